The van der Waals surface area contributed by atoms with Gasteiger partial charge in [-0.05, 0) is 37.5 Å². The van der Waals surface area contributed by atoms with Crippen LogP contribution in [0.25, 0.3) is 11.3 Å². The third-order valence-corrected chi connectivity index (χ3v) is 5.90. The van der Waals surface area contributed by atoms with Gasteiger partial charge < -0.3 is 28.4 Å². The van der Waals surface area contributed by atoms with Crippen molar-refractivity contribution in [2.24, 2.45) is 0 Å². The van der Waals surface area contributed by atoms with E-state index >= 15 is 0 Å². The van der Waals surface area contributed by atoms with E-state index in [1.807, 2.05) is 43.3 Å². The molecule has 8 heteroatoms. The van der Waals surface area contributed by atoms with Crippen LogP contribution in [0.1, 0.15) is 34.5 Å². The van der Waals surface area contributed by atoms with E-state index in [1.165, 1.54) is 0 Å². The van der Waals surface area contributed by atoms with Gasteiger partial charge in [0, 0.05) is 31.3 Å². The van der Waals surface area contributed by atoms with Gasteiger partial charge >= 0.3 is 0 Å². The molecule has 4 rings (SSSR count). The van der Waals surface area contributed by atoms with Crippen molar-refractivity contribution in [1.29, 1.82) is 0 Å². The zero-order chi connectivity index (χ0) is 24.1. The molecule has 2 aromatic carbocycles. The van der Waals surface area contributed by atoms with Crippen LogP contribution in [0.4, 0.5) is 0 Å². The Balaban J connectivity index is 1.61. The highest BCUT2D eigenvalue weighted by Crippen LogP contribution is 2.38. The van der Waals surface area contributed by atoms with Gasteiger partial charge in [0.15, 0.2) is 23.0 Å². The van der Waals surface area contributed by atoms with Gasteiger partial charge in [-0.25, -0.2) is 0 Å². The lowest BCUT2D eigenvalue weighted by Crippen LogP contribution is -2.37. The van der Waals surface area contributed by atoms with Crippen LogP contribution in [0.5, 0.6) is 17.2 Å². The van der Waals surface area contributed by atoms with Crippen molar-refractivity contribution in [2.75, 3.05) is 34.5 Å². The molecule has 1 amide bonds. The quantitative estimate of drug-likeness (QED) is 0.459. The van der Waals surface area contributed by atoms with Gasteiger partial charge in [-0.1, -0.05) is 35.0 Å². The highest BCUT2D eigenvalue weighted by molar-refractivity contribution is 5.93. The number of carbonyl (C=O) groups excluding carboxylic acids is 1. The number of amides is 1. The minimum absolute atomic E-state index is 0.0190. The summed E-state index contributed by atoms with van der Waals surface area (Å²) in [6.07, 6.45) is 1.87. The van der Waals surface area contributed by atoms with Crippen LogP contribution in [0, 0.1) is 6.92 Å². The fourth-order valence-electron chi connectivity index (χ4n) is 4.09. The average molecular weight is 467 g/mol. The maximum Gasteiger partial charge on any atom is 0.276 e. The summed E-state index contributed by atoms with van der Waals surface area (Å²) in [5.74, 6) is 1.89. The van der Waals surface area contributed by atoms with Crippen molar-refractivity contribution >= 4 is 5.91 Å². The summed E-state index contributed by atoms with van der Waals surface area (Å²) in [4.78, 5) is 15.3. The van der Waals surface area contributed by atoms with Crippen LogP contribution in [0.2, 0.25) is 0 Å². The molecule has 1 saturated heterocycles. The number of hydrogen-bond donors (Lipinski definition) is 0. The summed E-state index contributed by atoms with van der Waals surface area (Å²) in [6, 6.07) is 13.3. The Kier molecular flexibility index (Phi) is 7.37. The highest BCUT2D eigenvalue weighted by Gasteiger charge is 2.27. The Morgan fingerprint density at radius 3 is 2.35 bits per heavy atom. The number of ether oxygens (including phenoxy) is 4. The average Bonchev–Trinajstić information content (AvgIpc) is 3.55. The third-order valence-electron chi connectivity index (χ3n) is 5.90. The molecule has 0 saturated carbocycles. The standard InChI is InChI=1S/C26H30N2O6/c1-17-7-9-19(10-8-17)22-14-21(27-34-22)26(29)28(16-20-6-5-11-33-20)15-18-12-23(30-2)25(32-4)24(13-18)31-3/h7-10,12-14,20H,5-6,11,15-16H2,1-4H3/t20-/m0/s1. The number of methoxy groups -OCH3 is 3. The first kappa shape index (κ1) is 23.6. The number of hydrogen-bond acceptors (Lipinski definition) is 7. The molecule has 1 aromatic heterocycles. The molecule has 0 aliphatic carbocycles. The van der Waals surface area contributed by atoms with Crippen molar-refractivity contribution in [3.05, 3.63) is 59.3 Å². The lowest BCUT2D eigenvalue weighted by Gasteiger charge is -2.25. The molecule has 0 spiro atoms. The Morgan fingerprint density at radius 2 is 1.76 bits per heavy atom. The van der Waals surface area contributed by atoms with E-state index in [1.54, 1.807) is 32.3 Å². The minimum atomic E-state index is -0.230. The first-order valence-corrected chi connectivity index (χ1v) is 11.3. The molecule has 0 radical (unpaired) electrons. The Hall–Kier alpha value is -3.52. The Bertz CT molecular complexity index is 1090. The van der Waals surface area contributed by atoms with Crippen molar-refractivity contribution in [3.8, 4) is 28.6 Å². The summed E-state index contributed by atoms with van der Waals surface area (Å²) < 4.78 is 27.7. The second kappa shape index (κ2) is 10.6. The van der Waals surface area contributed by atoms with Crippen LogP contribution in [0.3, 0.4) is 0 Å². The second-order valence-electron chi connectivity index (χ2n) is 8.30. The summed E-state index contributed by atoms with van der Waals surface area (Å²) in [6.45, 7) is 3.49. The summed E-state index contributed by atoms with van der Waals surface area (Å²) in [5.41, 5.74) is 3.10. The molecule has 3 aromatic rings. The van der Waals surface area contributed by atoms with E-state index in [9.17, 15) is 4.79 Å². The van der Waals surface area contributed by atoms with Gasteiger partial charge in [0.2, 0.25) is 5.75 Å². The van der Waals surface area contributed by atoms with E-state index in [4.69, 9.17) is 23.5 Å². The van der Waals surface area contributed by atoms with Gasteiger partial charge in [0.25, 0.3) is 5.91 Å². The summed E-state index contributed by atoms with van der Waals surface area (Å²) >= 11 is 0. The zero-order valence-electron chi connectivity index (χ0n) is 20.0. The van der Waals surface area contributed by atoms with Crippen LogP contribution in [-0.2, 0) is 11.3 Å². The maximum absolute atomic E-state index is 13.5. The molecule has 180 valence electrons. The predicted molar refractivity (Wildman–Crippen MR) is 126 cm³/mol. The van der Waals surface area contributed by atoms with E-state index in [2.05, 4.69) is 5.16 Å². The van der Waals surface area contributed by atoms with Crippen LogP contribution < -0.4 is 14.2 Å². The number of rotatable bonds is 9. The molecular weight excluding hydrogens is 436 g/mol. The largest absolute Gasteiger partial charge is 0.493 e. The fourth-order valence-corrected chi connectivity index (χ4v) is 4.09. The molecule has 0 unspecified atom stereocenters. The van der Waals surface area contributed by atoms with Crippen LogP contribution in [0.15, 0.2) is 47.0 Å². The van der Waals surface area contributed by atoms with Crippen LogP contribution in [-0.4, -0.2) is 56.5 Å². The Labute approximate surface area is 199 Å². The molecule has 34 heavy (non-hydrogen) atoms. The first-order chi connectivity index (χ1) is 16.5. The molecular formula is C26H30N2O6. The monoisotopic (exact) mass is 466 g/mol. The van der Waals surface area contributed by atoms with Crippen molar-refractivity contribution in [3.63, 3.8) is 0 Å². The predicted octanol–water partition coefficient (Wildman–Crippen LogP) is 4.50. The van der Waals surface area contributed by atoms with Gasteiger partial charge in [-0.15, -0.1) is 0 Å². The Morgan fingerprint density at radius 1 is 1.06 bits per heavy atom. The highest BCUT2D eigenvalue weighted by atomic mass is 16.5. The molecule has 1 fully saturated rings. The van der Waals surface area contributed by atoms with Crippen LogP contribution >= 0.6 is 0 Å². The van der Waals surface area contributed by atoms with E-state index in [0.717, 1.165) is 29.5 Å². The summed E-state index contributed by atoms with van der Waals surface area (Å²) in [5, 5.41) is 4.07. The fraction of sp³-hybridized carbons (Fsp3) is 0.385. The summed E-state index contributed by atoms with van der Waals surface area (Å²) in [7, 11) is 4.69. The normalized spacial score (nSPS) is 15.2. The van der Waals surface area contributed by atoms with Crippen molar-refractivity contribution < 1.29 is 28.3 Å². The third kappa shape index (κ3) is 5.17. The van der Waals surface area contributed by atoms with Gasteiger partial charge in [0.1, 0.15) is 0 Å². The molecule has 8 nitrogen and oxygen atoms in total. The minimum Gasteiger partial charge on any atom is -0.493 e. The molecule has 0 bridgehead atoms. The van der Waals surface area contributed by atoms with Gasteiger partial charge in [-0.2, -0.15) is 0 Å². The second-order valence-corrected chi connectivity index (χ2v) is 8.30. The number of aromatic nitrogens is 1. The van der Waals surface area contributed by atoms with Crippen molar-refractivity contribution in [2.45, 2.75) is 32.4 Å². The first-order valence-electron chi connectivity index (χ1n) is 11.3. The molecule has 0 N–H and O–H groups in total. The number of nitrogens with zero attached hydrogens (tertiary/aromatic N) is 2. The molecule has 1 aliphatic heterocycles. The topological polar surface area (TPSA) is 83.3 Å². The number of carbonyl (C=O) groups is 1. The lowest BCUT2D eigenvalue weighted by atomic mass is 10.1. The number of benzene rings is 2. The number of aryl methyl sites for hydroxylation is 1. The van der Waals surface area contributed by atoms with Gasteiger partial charge in [0.05, 0.1) is 27.4 Å². The zero-order valence-corrected chi connectivity index (χ0v) is 20.0. The molecule has 1 atom stereocenters. The smallest absolute Gasteiger partial charge is 0.276 e. The maximum atomic E-state index is 13.5. The van der Waals surface area contributed by atoms with E-state index in [-0.39, 0.29) is 17.7 Å². The van der Waals surface area contributed by atoms with E-state index < -0.39 is 0 Å². The lowest BCUT2D eigenvalue weighted by molar-refractivity contribution is 0.0499. The van der Waals surface area contributed by atoms with Gasteiger partial charge in [-0.3, -0.25) is 4.79 Å². The molecule has 2 heterocycles. The SMILES string of the molecule is COc1cc(CN(C[C@@H]2CCCO2)C(=O)c2cc(-c3ccc(C)cc3)on2)cc(OC)c1OC. The van der Waals surface area contributed by atoms with E-state index in [0.29, 0.717) is 42.7 Å². The van der Waals surface area contributed by atoms with Crippen molar-refractivity contribution in [1.82, 2.24) is 10.1 Å². The molecule has 1 aliphatic rings.